The molecule has 18 heavy (non-hydrogen) atoms. The summed E-state index contributed by atoms with van der Waals surface area (Å²) in [6, 6.07) is -0.429. The van der Waals surface area contributed by atoms with Gasteiger partial charge in [0, 0.05) is 6.54 Å². The average Bonchev–Trinajstić information content (AvgIpc) is 2.34. The molecule has 0 spiro atoms. The fourth-order valence-corrected chi connectivity index (χ4v) is 2.21. The molecule has 0 aromatic rings. The van der Waals surface area contributed by atoms with E-state index in [2.05, 4.69) is 17.6 Å². The lowest BCUT2D eigenvalue weighted by Crippen LogP contribution is -2.45. The van der Waals surface area contributed by atoms with Gasteiger partial charge in [-0.2, -0.15) is 0 Å². The van der Waals surface area contributed by atoms with E-state index >= 15 is 0 Å². The van der Waals surface area contributed by atoms with Crippen molar-refractivity contribution >= 4 is 12.0 Å². The molecule has 0 radical (unpaired) electrons. The van der Waals surface area contributed by atoms with Crippen molar-refractivity contribution in [3.8, 4) is 0 Å². The van der Waals surface area contributed by atoms with Gasteiger partial charge < -0.3 is 20.8 Å². The predicted octanol–water partition coefficient (Wildman–Crippen LogP) is 0.701. The van der Waals surface area contributed by atoms with Crippen molar-refractivity contribution in [2.24, 2.45) is 5.41 Å². The number of aliphatic carboxylic acids is 1. The van der Waals surface area contributed by atoms with Crippen LogP contribution in [0.15, 0.2) is 0 Å². The van der Waals surface area contributed by atoms with E-state index in [1.54, 1.807) is 0 Å². The van der Waals surface area contributed by atoms with Crippen molar-refractivity contribution in [3.05, 3.63) is 0 Å². The molecule has 1 aliphatic carbocycles. The van der Waals surface area contributed by atoms with Gasteiger partial charge in [-0.15, -0.1) is 0 Å². The summed E-state index contributed by atoms with van der Waals surface area (Å²) in [5.74, 6) is -1.34. The molecule has 6 nitrogen and oxygen atoms in total. The Morgan fingerprint density at radius 1 is 1.22 bits per heavy atom. The van der Waals surface area contributed by atoms with Crippen LogP contribution in [0.25, 0.3) is 0 Å². The molecule has 2 amide bonds. The molecule has 0 bridgehead atoms. The van der Waals surface area contributed by atoms with Crippen molar-refractivity contribution in [2.45, 2.75) is 45.1 Å². The Hall–Kier alpha value is -1.30. The van der Waals surface area contributed by atoms with Crippen LogP contribution < -0.4 is 10.6 Å². The number of hydrogen-bond donors (Lipinski definition) is 4. The highest BCUT2D eigenvalue weighted by Gasteiger charge is 2.27. The molecule has 0 aromatic carbocycles. The minimum absolute atomic E-state index is 0.140. The minimum Gasteiger partial charge on any atom is -0.479 e. The molecular weight excluding hydrogens is 236 g/mol. The van der Waals surface area contributed by atoms with Crippen LogP contribution in [-0.4, -0.2) is 41.4 Å². The second kappa shape index (κ2) is 6.58. The largest absolute Gasteiger partial charge is 0.479 e. The Kier molecular flexibility index (Phi) is 5.40. The van der Waals surface area contributed by atoms with Crippen molar-refractivity contribution in [1.29, 1.82) is 0 Å². The molecule has 1 saturated carbocycles. The van der Waals surface area contributed by atoms with E-state index in [9.17, 15) is 9.59 Å². The van der Waals surface area contributed by atoms with Gasteiger partial charge in [0.1, 0.15) is 0 Å². The second-order valence-corrected chi connectivity index (χ2v) is 5.29. The maximum absolute atomic E-state index is 11.4. The lowest BCUT2D eigenvalue weighted by molar-refractivity contribution is -0.146. The molecule has 0 aliphatic heterocycles. The smallest absolute Gasteiger partial charge is 0.334 e. The highest BCUT2D eigenvalue weighted by molar-refractivity contribution is 5.76. The van der Waals surface area contributed by atoms with Gasteiger partial charge in [-0.3, -0.25) is 0 Å². The molecule has 0 heterocycles. The standard InChI is InChI=1S/C12H22N2O4/c1-12(5-3-2-4-6-12)8-14-11(18)13-7-9(15)10(16)17/h9,15H,2-8H2,1H3,(H,16,17)(H2,13,14,18)/t9-/m0/s1. The van der Waals surface area contributed by atoms with E-state index in [0.717, 1.165) is 12.8 Å². The van der Waals surface area contributed by atoms with Crippen LogP contribution in [0.2, 0.25) is 0 Å². The van der Waals surface area contributed by atoms with Gasteiger partial charge in [-0.1, -0.05) is 26.2 Å². The highest BCUT2D eigenvalue weighted by atomic mass is 16.4. The Balaban J connectivity index is 2.22. The fraction of sp³-hybridized carbons (Fsp3) is 0.833. The molecular formula is C12H22N2O4. The van der Waals surface area contributed by atoms with Gasteiger partial charge >= 0.3 is 12.0 Å². The highest BCUT2D eigenvalue weighted by Crippen LogP contribution is 2.34. The number of aliphatic hydroxyl groups excluding tert-OH is 1. The van der Waals surface area contributed by atoms with Crippen LogP contribution >= 0.6 is 0 Å². The zero-order valence-electron chi connectivity index (χ0n) is 10.7. The number of carbonyl (C=O) groups is 2. The number of hydrogen-bond acceptors (Lipinski definition) is 3. The van der Waals surface area contributed by atoms with Gasteiger partial charge in [0.2, 0.25) is 0 Å². The van der Waals surface area contributed by atoms with Crippen LogP contribution in [0.3, 0.4) is 0 Å². The average molecular weight is 258 g/mol. The van der Waals surface area contributed by atoms with Crippen molar-refractivity contribution in [1.82, 2.24) is 10.6 Å². The Bertz CT molecular complexity index is 300. The number of aliphatic hydroxyl groups is 1. The third-order valence-corrected chi connectivity index (χ3v) is 3.48. The first-order valence-corrected chi connectivity index (χ1v) is 6.35. The van der Waals surface area contributed by atoms with Crippen molar-refractivity contribution < 1.29 is 19.8 Å². The van der Waals surface area contributed by atoms with Crippen LogP contribution in [0, 0.1) is 5.41 Å². The molecule has 0 unspecified atom stereocenters. The number of rotatable bonds is 5. The SMILES string of the molecule is CC1(CNC(=O)NC[C@H](O)C(=O)O)CCCCC1. The van der Waals surface area contributed by atoms with Crippen LogP contribution in [-0.2, 0) is 4.79 Å². The Morgan fingerprint density at radius 3 is 2.39 bits per heavy atom. The summed E-state index contributed by atoms with van der Waals surface area (Å²) in [6.07, 6.45) is 4.29. The van der Waals surface area contributed by atoms with Crippen molar-refractivity contribution in [2.75, 3.05) is 13.1 Å². The van der Waals surface area contributed by atoms with E-state index in [1.807, 2.05) is 0 Å². The molecule has 0 saturated heterocycles. The maximum atomic E-state index is 11.4. The number of nitrogens with one attached hydrogen (secondary N) is 2. The van der Waals surface area contributed by atoms with E-state index in [0.29, 0.717) is 6.54 Å². The number of urea groups is 1. The van der Waals surface area contributed by atoms with Crippen LogP contribution in [0.4, 0.5) is 4.79 Å². The molecule has 104 valence electrons. The topological polar surface area (TPSA) is 98.7 Å². The summed E-state index contributed by atoms with van der Waals surface area (Å²) >= 11 is 0. The van der Waals surface area contributed by atoms with Gasteiger partial charge in [0.25, 0.3) is 0 Å². The summed E-state index contributed by atoms with van der Waals surface area (Å²) in [7, 11) is 0. The lowest BCUT2D eigenvalue weighted by Gasteiger charge is -2.33. The van der Waals surface area contributed by atoms with Crippen LogP contribution in [0.5, 0.6) is 0 Å². The first-order chi connectivity index (χ1) is 8.43. The number of carbonyl (C=O) groups excluding carboxylic acids is 1. The second-order valence-electron chi connectivity index (χ2n) is 5.29. The first-order valence-electron chi connectivity index (χ1n) is 6.35. The lowest BCUT2D eigenvalue weighted by atomic mass is 9.76. The van der Waals surface area contributed by atoms with Gasteiger partial charge in [0.05, 0.1) is 6.54 Å². The monoisotopic (exact) mass is 258 g/mol. The molecule has 1 atom stereocenters. The zero-order valence-corrected chi connectivity index (χ0v) is 10.7. The van der Waals surface area contributed by atoms with Crippen molar-refractivity contribution in [3.63, 3.8) is 0 Å². The summed E-state index contributed by atoms with van der Waals surface area (Å²) in [5, 5.41) is 22.5. The maximum Gasteiger partial charge on any atom is 0.334 e. The van der Waals surface area contributed by atoms with Gasteiger partial charge in [0.15, 0.2) is 6.10 Å². The molecule has 1 rings (SSSR count). The minimum atomic E-state index is -1.55. The Labute approximate surface area is 107 Å². The fourth-order valence-electron chi connectivity index (χ4n) is 2.21. The molecule has 0 aromatic heterocycles. The van der Waals surface area contributed by atoms with Gasteiger partial charge in [-0.05, 0) is 18.3 Å². The zero-order chi connectivity index (χ0) is 13.6. The molecule has 6 heteroatoms. The number of carboxylic acids is 1. The van der Waals surface area contributed by atoms with E-state index in [-0.39, 0.29) is 12.0 Å². The number of amides is 2. The summed E-state index contributed by atoms with van der Waals surface area (Å²) in [6.45, 7) is 2.46. The summed E-state index contributed by atoms with van der Waals surface area (Å²) in [5.41, 5.74) is 0.140. The number of carboxylic acid groups (broad SMARTS) is 1. The van der Waals surface area contributed by atoms with Gasteiger partial charge in [-0.25, -0.2) is 9.59 Å². The summed E-state index contributed by atoms with van der Waals surface area (Å²) in [4.78, 5) is 21.8. The third kappa shape index (κ3) is 4.91. The Morgan fingerprint density at radius 2 is 1.83 bits per heavy atom. The quantitative estimate of drug-likeness (QED) is 0.583. The van der Waals surface area contributed by atoms with E-state index in [1.165, 1.54) is 19.3 Å². The third-order valence-electron chi connectivity index (χ3n) is 3.48. The summed E-state index contributed by atoms with van der Waals surface area (Å²) < 4.78 is 0. The molecule has 1 fully saturated rings. The normalized spacial score (nSPS) is 19.9. The predicted molar refractivity (Wildman–Crippen MR) is 66.2 cm³/mol. The molecule has 1 aliphatic rings. The van der Waals surface area contributed by atoms with Crippen LogP contribution in [0.1, 0.15) is 39.0 Å². The van der Waals surface area contributed by atoms with E-state index in [4.69, 9.17) is 10.2 Å². The molecule has 4 N–H and O–H groups in total. The van der Waals surface area contributed by atoms with E-state index < -0.39 is 18.1 Å². The first kappa shape index (κ1) is 14.8.